The van der Waals surface area contributed by atoms with Gasteiger partial charge in [0.1, 0.15) is 17.4 Å². The van der Waals surface area contributed by atoms with Crippen molar-refractivity contribution in [2.45, 2.75) is 13.8 Å². The molecule has 0 spiro atoms. The number of carbonyl (C=O) groups excluding carboxylic acids is 1. The molecular weight excluding hydrogens is 323 g/mol. The molecule has 25 heavy (non-hydrogen) atoms. The minimum atomic E-state index is -0.448. The minimum Gasteiger partial charge on any atom is -0.492 e. The second-order valence-electron chi connectivity index (χ2n) is 5.25. The van der Waals surface area contributed by atoms with Gasteiger partial charge in [-0.3, -0.25) is 4.79 Å². The van der Waals surface area contributed by atoms with Crippen molar-refractivity contribution >= 4 is 11.6 Å². The van der Waals surface area contributed by atoms with Crippen LogP contribution in [0.1, 0.15) is 23.4 Å². The van der Waals surface area contributed by atoms with Gasteiger partial charge in [-0.1, -0.05) is 12.1 Å². The summed E-state index contributed by atoms with van der Waals surface area (Å²) in [5.74, 6) is 0.333. The van der Waals surface area contributed by atoms with Gasteiger partial charge in [0.05, 0.1) is 18.0 Å². The van der Waals surface area contributed by atoms with Crippen molar-refractivity contribution in [3.05, 3.63) is 66.0 Å². The van der Waals surface area contributed by atoms with Gasteiger partial charge in [0.2, 0.25) is 5.82 Å². The lowest BCUT2D eigenvalue weighted by Crippen LogP contribution is -2.15. The number of para-hydroxylation sites is 2. The number of halogens is 1. The molecule has 0 aliphatic heterocycles. The molecule has 0 aliphatic carbocycles. The van der Waals surface area contributed by atoms with Gasteiger partial charge in [0, 0.05) is 0 Å². The molecule has 0 fully saturated rings. The number of benzene rings is 2. The van der Waals surface area contributed by atoms with Crippen molar-refractivity contribution < 1.29 is 13.9 Å². The molecular formula is C18H17FN4O2. The molecule has 1 amide bonds. The molecule has 0 radical (unpaired) electrons. The molecule has 0 unspecified atom stereocenters. The first kappa shape index (κ1) is 16.6. The highest BCUT2D eigenvalue weighted by atomic mass is 19.1. The van der Waals surface area contributed by atoms with E-state index in [9.17, 15) is 9.18 Å². The van der Waals surface area contributed by atoms with Crippen molar-refractivity contribution in [1.82, 2.24) is 14.8 Å². The summed E-state index contributed by atoms with van der Waals surface area (Å²) in [4.78, 5) is 16.6. The Kier molecular flexibility index (Phi) is 4.74. The highest BCUT2D eigenvalue weighted by Crippen LogP contribution is 2.24. The number of hydrogen-bond donors (Lipinski definition) is 1. The number of ether oxygens (including phenoxy) is 1. The molecule has 0 atom stereocenters. The number of nitrogens with one attached hydrogen (secondary N) is 1. The van der Waals surface area contributed by atoms with Crippen LogP contribution in [0.2, 0.25) is 0 Å². The summed E-state index contributed by atoms with van der Waals surface area (Å²) in [5, 5.41) is 6.96. The van der Waals surface area contributed by atoms with Crippen LogP contribution in [0.3, 0.4) is 0 Å². The van der Waals surface area contributed by atoms with Crippen LogP contribution in [0.15, 0.2) is 48.5 Å². The van der Waals surface area contributed by atoms with Crippen LogP contribution >= 0.6 is 0 Å². The number of aromatic nitrogens is 3. The Morgan fingerprint density at radius 1 is 1.20 bits per heavy atom. The van der Waals surface area contributed by atoms with E-state index in [1.807, 2.05) is 13.0 Å². The van der Waals surface area contributed by atoms with E-state index in [1.165, 1.54) is 16.8 Å². The molecule has 6 nitrogen and oxygen atoms in total. The van der Waals surface area contributed by atoms with E-state index in [2.05, 4.69) is 15.4 Å². The van der Waals surface area contributed by atoms with Crippen LogP contribution in [0.5, 0.6) is 5.75 Å². The molecule has 0 saturated heterocycles. The molecule has 1 aromatic heterocycles. The molecule has 0 bridgehead atoms. The number of nitrogens with zero attached hydrogens (tertiary/aromatic N) is 3. The lowest BCUT2D eigenvalue weighted by molar-refractivity contribution is 0.101. The van der Waals surface area contributed by atoms with E-state index in [1.54, 1.807) is 37.3 Å². The maximum absolute atomic E-state index is 13.1. The summed E-state index contributed by atoms with van der Waals surface area (Å²) < 4.78 is 20.0. The van der Waals surface area contributed by atoms with Crippen molar-refractivity contribution in [1.29, 1.82) is 0 Å². The summed E-state index contributed by atoms with van der Waals surface area (Å²) in [6, 6.07) is 12.9. The van der Waals surface area contributed by atoms with Crippen LogP contribution in [0.25, 0.3) is 5.69 Å². The molecule has 3 rings (SSSR count). The predicted octanol–water partition coefficient (Wildman–Crippen LogP) is 3.37. The van der Waals surface area contributed by atoms with Crippen LogP contribution in [-0.2, 0) is 0 Å². The second kappa shape index (κ2) is 7.12. The quantitative estimate of drug-likeness (QED) is 0.773. The van der Waals surface area contributed by atoms with E-state index in [4.69, 9.17) is 4.74 Å². The van der Waals surface area contributed by atoms with Gasteiger partial charge in [0.25, 0.3) is 5.91 Å². The summed E-state index contributed by atoms with van der Waals surface area (Å²) >= 11 is 0. The molecule has 7 heteroatoms. The van der Waals surface area contributed by atoms with E-state index in [-0.39, 0.29) is 11.6 Å². The van der Waals surface area contributed by atoms with Crippen LogP contribution < -0.4 is 10.1 Å². The van der Waals surface area contributed by atoms with Crippen molar-refractivity contribution in [2.24, 2.45) is 0 Å². The van der Waals surface area contributed by atoms with Gasteiger partial charge >= 0.3 is 0 Å². The van der Waals surface area contributed by atoms with Gasteiger partial charge in [-0.05, 0) is 50.2 Å². The lowest BCUT2D eigenvalue weighted by atomic mass is 10.3. The van der Waals surface area contributed by atoms with Gasteiger partial charge < -0.3 is 10.1 Å². The van der Waals surface area contributed by atoms with Gasteiger partial charge in [-0.2, -0.15) is 0 Å². The molecule has 128 valence electrons. The number of hydrogen-bond acceptors (Lipinski definition) is 4. The van der Waals surface area contributed by atoms with Crippen LogP contribution in [0.4, 0.5) is 10.1 Å². The third-order valence-corrected chi connectivity index (χ3v) is 3.48. The molecule has 0 aliphatic rings. The third kappa shape index (κ3) is 3.65. The highest BCUT2D eigenvalue weighted by molar-refractivity contribution is 6.02. The number of rotatable bonds is 5. The van der Waals surface area contributed by atoms with E-state index >= 15 is 0 Å². The largest absolute Gasteiger partial charge is 0.492 e. The first-order valence-electron chi connectivity index (χ1n) is 7.81. The molecule has 1 heterocycles. The fraction of sp³-hybridized carbons (Fsp3) is 0.167. The van der Waals surface area contributed by atoms with Crippen LogP contribution in [0, 0.1) is 12.7 Å². The van der Waals surface area contributed by atoms with Gasteiger partial charge in [-0.15, -0.1) is 5.10 Å². The molecule has 2 aromatic carbocycles. The first-order valence-corrected chi connectivity index (χ1v) is 7.81. The van der Waals surface area contributed by atoms with Crippen LogP contribution in [-0.4, -0.2) is 27.3 Å². The first-order chi connectivity index (χ1) is 12.1. The zero-order valence-corrected chi connectivity index (χ0v) is 13.9. The van der Waals surface area contributed by atoms with Crippen molar-refractivity contribution in [2.75, 3.05) is 11.9 Å². The van der Waals surface area contributed by atoms with E-state index < -0.39 is 5.91 Å². The van der Waals surface area contributed by atoms with E-state index in [0.717, 1.165) is 0 Å². The second-order valence-corrected chi connectivity index (χ2v) is 5.25. The number of aryl methyl sites for hydroxylation is 1. The Bertz CT molecular complexity index is 890. The minimum absolute atomic E-state index is 0.0214. The molecule has 0 saturated carbocycles. The average Bonchev–Trinajstić information content (AvgIpc) is 2.99. The van der Waals surface area contributed by atoms with Crippen molar-refractivity contribution in [3.8, 4) is 11.4 Å². The maximum Gasteiger partial charge on any atom is 0.295 e. The summed E-state index contributed by atoms with van der Waals surface area (Å²) in [6.07, 6.45) is 0. The van der Waals surface area contributed by atoms with Gasteiger partial charge in [0.15, 0.2) is 0 Å². The van der Waals surface area contributed by atoms with Crippen molar-refractivity contribution in [3.63, 3.8) is 0 Å². The van der Waals surface area contributed by atoms with Gasteiger partial charge in [-0.25, -0.2) is 14.1 Å². The Balaban J connectivity index is 1.84. The Morgan fingerprint density at radius 3 is 2.64 bits per heavy atom. The van der Waals surface area contributed by atoms with E-state index in [0.29, 0.717) is 29.6 Å². The average molecular weight is 340 g/mol. The zero-order chi connectivity index (χ0) is 17.8. The standard InChI is InChI=1S/C18H17FN4O2/c1-3-25-16-7-5-4-6-15(16)21-18(24)17-20-12(2)23(22-17)14-10-8-13(19)9-11-14/h4-11H,3H2,1-2H3,(H,21,24). The number of anilines is 1. The Morgan fingerprint density at radius 2 is 1.92 bits per heavy atom. The predicted molar refractivity (Wildman–Crippen MR) is 91.6 cm³/mol. The molecule has 1 N–H and O–H groups in total. The fourth-order valence-electron chi connectivity index (χ4n) is 2.34. The summed E-state index contributed by atoms with van der Waals surface area (Å²) in [6.45, 7) is 4.08. The normalized spacial score (nSPS) is 10.5. The summed E-state index contributed by atoms with van der Waals surface area (Å²) in [5.41, 5.74) is 1.17. The third-order valence-electron chi connectivity index (χ3n) is 3.48. The monoisotopic (exact) mass is 340 g/mol. The Labute approximate surface area is 144 Å². The highest BCUT2D eigenvalue weighted by Gasteiger charge is 2.17. The fourth-order valence-corrected chi connectivity index (χ4v) is 2.34. The lowest BCUT2D eigenvalue weighted by Gasteiger charge is -2.09. The smallest absolute Gasteiger partial charge is 0.295 e. The number of amides is 1. The SMILES string of the molecule is CCOc1ccccc1NC(=O)c1nc(C)n(-c2ccc(F)cc2)n1. The summed E-state index contributed by atoms with van der Waals surface area (Å²) in [7, 11) is 0. The topological polar surface area (TPSA) is 69.0 Å². The Hall–Kier alpha value is -3.22. The maximum atomic E-state index is 13.1. The number of carbonyl (C=O) groups is 1. The zero-order valence-electron chi connectivity index (χ0n) is 13.9. The molecule has 3 aromatic rings.